The topological polar surface area (TPSA) is 38.3 Å². The van der Waals surface area contributed by atoms with Gasteiger partial charge in [0.2, 0.25) is 0 Å². The van der Waals surface area contributed by atoms with Crippen LogP contribution in [0.1, 0.15) is 14.6 Å². The summed E-state index contributed by atoms with van der Waals surface area (Å²) in [5.74, 6) is -1.16. The second-order valence-corrected chi connectivity index (χ2v) is 1.92. The third-order valence-corrected chi connectivity index (χ3v) is 1.28. The van der Waals surface area contributed by atoms with Crippen LogP contribution in [0.5, 0.6) is 0 Å². The summed E-state index contributed by atoms with van der Waals surface area (Å²) in [4.78, 5) is 11.4. The predicted molar refractivity (Wildman–Crippen MR) is 35.5 cm³/mol. The summed E-state index contributed by atoms with van der Waals surface area (Å²) in [5, 5.41) is 1.87. The summed E-state index contributed by atoms with van der Waals surface area (Å²) >= 11 is 0. The minimum Gasteiger partial charge on any atom is -0.488 e. The van der Waals surface area contributed by atoms with Crippen molar-refractivity contribution < 1.29 is 17.8 Å². The Hall–Kier alpha value is -0.830. The molecule has 0 saturated heterocycles. The average molecular weight is 145 g/mol. The molecule has 2 aliphatic heterocycles. The van der Waals surface area contributed by atoms with Gasteiger partial charge in [0.25, 0.3) is 0 Å². The van der Waals surface area contributed by atoms with Gasteiger partial charge in [-0.25, -0.2) is 0 Å². The van der Waals surface area contributed by atoms with Crippen LogP contribution in [0.4, 0.5) is 0 Å². The predicted octanol–water partition coefficient (Wildman–Crippen LogP) is -0.167. The van der Waals surface area contributed by atoms with Gasteiger partial charge >= 0.3 is 0 Å². The van der Waals surface area contributed by atoms with Crippen LogP contribution in [-0.2, 0) is 9.53 Å². The van der Waals surface area contributed by atoms with Crippen molar-refractivity contribution in [2.75, 3.05) is 19.6 Å². The molecule has 54 valence electrons. The second kappa shape index (κ2) is 2.09. The van der Waals surface area contributed by atoms with Gasteiger partial charge in [0.15, 0.2) is 12.4 Å². The van der Waals surface area contributed by atoms with Gasteiger partial charge in [-0.2, -0.15) is 0 Å². The number of rotatable bonds is 0. The molecule has 0 aromatic carbocycles. The highest BCUT2D eigenvalue weighted by atomic mass is 16.5. The molecule has 0 saturated carbocycles. The average Bonchev–Trinajstić information content (AvgIpc) is 2.44. The van der Waals surface area contributed by atoms with E-state index in [1.54, 1.807) is 0 Å². The Morgan fingerprint density at radius 3 is 3.50 bits per heavy atom. The quantitative estimate of drug-likeness (QED) is 0.514. The Labute approximate surface area is 67.5 Å². The molecule has 0 amide bonds. The van der Waals surface area contributed by atoms with Crippen molar-refractivity contribution in [2.45, 2.75) is 6.37 Å². The van der Waals surface area contributed by atoms with Gasteiger partial charge in [-0.05, 0) is 12.9 Å². The Morgan fingerprint density at radius 1 is 1.70 bits per heavy atom. The molecule has 0 spiro atoms. The lowest BCUT2D eigenvalue weighted by molar-refractivity contribution is -0.116. The van der Waals surface area contributed by atoms with Gasteiger partial charge in [0.05, 0.1) is 9.24 Å². The fourth-order valence-electron chi connectivity index (χ4n) is 0.816. The number of carbonyl (C=O) groups excluding carboxylic acids is 1. The first-order valence-electron chi connectivity index (χ1n) is 5.80. The van der Waals surface area contributed by atoms with E-state index in [1.807, 2.05) is 5.32 Å². The molecule has 2 aliphatic rings. The van der Waals surface area contributed by atoms with E-state index in [-0.39, 0.29) is 0 Å². The van der Waals surface area contributed by atoms with Crippen LogP contribution in [0, 0.1) is 0 Å². The lowest BCUT2D eigenvalue weighted by Gasteiger charge is -2.11. The van der Waals surface area contributed by atoms with Crippen LogP contribution in [-0.4, -0.2) is 25.4 Å². The fourth-order valence-corrected chi connectivity index (χ4v) is 0.816. The van der Waals surface area contributed by atoms with Crippen molar-refractivity contribution in [3.63, 3.8) is 0 Å². The molecule has 0 aromatic rings. The smallest absolute Gasteiger partial charge is 0.199 e. The largest absolute Gasteiger partial charge is 0.488 e. The molecule has 1 N–H and O–H groups in total. The van der Waals surface area contributed by atoms with E-state index in [1.165, 1.54) is 0 Å². The normalized spacial score (nSPS) is 48.6. The van der Waals surface area contributed by atoms with Gasteiger partial charge in [-0.1, -0.05) is 0 Å². The van der Waals surface area contributed by atoms with Gasteiger partial charge in [-0.3, -0.25) is 4.79 Å². The third kappa shape index (κ3) is 0.743. The Bertz CT molecular complexity index is 402. The van der Waals surface area contributed by atoms with Crippen LogP contribution in [0.3, 0.4) is 0 Å². The van der Waals surface area contributed by atoms with Crippen LogP contribution in [0.15, 0.2) is 11.3 Å². The van der Waals surface area contributed by atoms with Gasteiger partial charge in [0.1, 0.15) is 5.76 Å². The maximum absolute atomic E-state index is 11.4. The number of hydrogen-bond acceptors (Lipinski definition) is 3. The standard InChI is InChI=1S/C7H9NO2/c9-6-4-10-7-3-8-2-1-5(6)7/h8H,1-4H2/i1D2,2D2,3D2. The van der Waals surface area contributed by atoms with Crippen molar-refractivity contribution in [2.24, 2.45) is 0 Å². The minimum atomic E-state index is -2.67. The van der Waals surface area contributed by atoms with Crippen LogP contribution in [0.25, 0.3) is 0 Å². The second-order valence-electron chi connectivity index (χ2n) is 1.92. The number of nitrogens with one attached hydrogen (secondary N) is 1. The summed E-state index contributed by atoms with van der Waals surface area (Å²) in [7, 11) is 0. The molecule has 2 heterocycles. The molecular formula is C7H9NO2. The number of ether oxygens (including phenoxy) is 1. The lowest BCUT2D eigenvalue weighted by Crippen LogP contribution is -2.24. The molecule has 10 heavy (non-hydrogen) atoms. The molecule has 0 fully saturated rings. The number of Topliss-reactive ketones (excluding diaryl/α,β-unsaturated/α-hetero) is 1. The molecule has 3 heteroatoms. The molecule has 0 bridgehead atoms. The van der Waals surface area contributed by atoms with Crippen molar-refractivity contribution in [1.29, 1.82) is 0 Å². The van der Waals surface area contributed by atoms with E-state index in [0.29, 0.717) is 0 Å². The minimum absolute atomic E-state index is 0.443. The first kappa shape index (κ1) is 2.34. The van der Waals surface area contributed by atoms with E-state index >= 15 is 0 Å². The highest BCUT2D eigenvalue weighted by molar-refractivity contribution is 5.98. The molecule has 2 rings (SSSR count). The number of carbonyl (C=O) groups is 1. The summed E-state index contributed by atoms with van der Waals surface area (Å²) in [6.07, 6.45) is -2.61. The first-order valence-corrected chi connectivity index (χ1v) is 2.80. The molecule has 0 aliphatic carbocycles. The van der Waals surface area contributed by atoms with E-state index in [4.69, 9.17) is 13.0 Å². The fraction of sp³-hybridized carbons (Fsp3) is 0.571. The molecule has 0 radical (unpaired) electrons. The number of hydrogen-bond donors (Lipinski definition) is 1. The van der Waals surface area contributed by atoms with E-state index < -0.39 is 43.1 Å². The third-order valence-electron chi connectivity index (χ3n) is 1.28. The van der Waals surface area contributed by atoms with Gasteiger partial charge < -0.3 is 10.1 Å². The van der Waals surface area contributed by atoms with Gasteiger partial charge in [0, 0.05) is 11.1 Å². The maximum atomic E-state index is 11.4. The van der Waals surface area contributed by atoms with E-state index in [0.717, 1.165) is 0 Å². The van der Waals surface area contributed by atoms with Crippen LogP contribution < -0.4 is 5.32 Å². The summed E-state index contributed by atoms with van der Waals surface area (Å²) in [6.45, 7) is -5.49. The van der Waals surface area contributed by atoms with Crippen LogP contribution >= 0.6 is 0 Å². The SMILES string of the molecule is [2H]C1([2H])NC([2H])([2H])C([2H])([2H])C2=C1OCC2=O. The zero-order valence-electron chi connectivity index (χ0n) is 11.0. The van der Waals surface area contributed by atoms with Crippen molar-refractivity contribution in [3.05, 3.63) is 11.3 Å². The molecule has 3 nitrogen and oxygen atoms in total. The van der Waals surface area contributed by atoms with E-state index in [9.17, 15) is 4.79 Å². The van der Waals surface area contributed by atoms with E-state index in [2.05, 4.69) is 0 Å². The molecule has 0 aromatic heterocycles. The van der Waals surface area contributed by atoms with Crippen LogP contribution in [0.2, 0.25) is 0 Å². The Morgan fingerprint density at radius 2 is 2.60 bits per heavy atom. The van der Waals surface area contributed by atoms with Gasteiger partial charge in [-0.15, -0.1) is 0 Å². The molecular weight excluding hydrogens is 130 g/mol. The zero-order valence-corrected chi connectivity index (χ0v) is 5.02. The maximum Gasteiger partial charge on any atom is 0.199 e. The monoisotopic (exact) mass is 145 g/mol. The Kier molecular flexibility index (Phi) is 0.490. The highest BCUT2D eigenvalue weighted by Crippen LogP contribution is 2.20. The zero-order chi connectivity index (χ0) is 12.4. The lowest BCUT2D eigenvalue weighted by atomic mass is 10.1. The van der Waals surface area contributed by atoms with Crippen molar-refractivity contribution >= 4 is 5.78 Å². The summed E-state index contributed by atoms with van der Waals surface area (Å²) < 4.78 is 49.8. The van der Waals surface area contributed by atoms with Crippen molar-refractivity contribution in [3.8, 4) is 0 Å². The summed E-state index contributed by atoms with van der Waals surface area (Å²) in [6, 6.07) is 0. The first-order chi connectivity index (χ1) is 7.09. The molecule has 0 atom stereocenters. The molecule has 0 unspecified atom stereocenters. The van der Waals surface area contributed by atoms with Crippen molar-refractivity contribution in [1.82, 2.24) is 5.32 Å². The number of ketones is 1. The highest BCUT2D eigenvalue weighted by Gasteiger charge is 2.25. The Balaban J connectivity index is 2.65. The summed E-state index contributed by atoms with van der Waals surface area (Å²) in [5.41, 5.74) is -0.541.